The molecule has 0 radical (unpaired) electrons. The zero-order valence-electron chi connectivity index (χ0n) is 24.8. The van der Waals surface area contributed by atoms with Crippen molar-refractivity contribution in [1.82, 2.24) is 4.90 Å². The first-order valence-electron chi connectivity index (χ1n) is 15.5. The summed E-state index contributed by atoms with van der Waals surface area (Å²) in [7, 11) is 1.77. The van der Waals surface area contributed by atoms with Crippen LogP contribution in [0.25, 0.3) is 0 Å². The highest BCUT2D eigenvalue weighted by atomic mass is 35.5. The van der Waals surface area contributed by atoms with Crippen molar-refractivity contribution in [3.8, 4) is 5.75 Å². The first-order valence-corrected chi connectivity index (χ1v) is 15.9. The number of aryl methyl sites for hydroxylation is 1. The maximum absolute atomic E-state index is 12.1. The van der Waals surface area contributed by atoms with Gasteiger partial charge in [0.2, 0.25) is 5.91 Å². The molecule has 3 atom stereocenters. The van der Waals surface area contributed by atoms with E-state index < -0.39 is 5.91 Å². The van der Waals surface area contributed by atoms with Crippen LogP contribution in [0.3, 0.4) is 0 Å². The van der Waals surface area contributed by atoms with Gasteiger partial charge in [0, 0.05) is 56.2 Å². The molecule has 2 N–H and O–H groups in total. The van der Waals surface area contributed by atoms with Crippen molar-refractivity contribution in [2.75, 3.05) is 58.0 Å². The molecule has 6 rings (SSSR count). The van der Waals surface area contributed by atoms with Crippen molar-refractivity contribution in [1.29, 1.82) is 0 Å². The number of anilines is 1. The van der Waals surface area contributed by atoms with Gasteiger partial charge >= 0.3 is 0 Å². The Morgan fingerprint density at radius 2 is 1.83 bits per heavy atom. The molecule has 2 aromatic rings. The quantitative estimate of drug-likeness (QED) is 0.418. The number of amides is 1. The van der Waals surface area contributed by atoms with Crippen molar-refractivity contribution in [3.63, 3.8) is 0 Å². The van der Waals surface area contributed by atoms with E-state index in [9.17, 15) is 4.79 Å². The molecule has 1 saturated carbocycles. The standard InChI is InChI=1S/C33H44ClN3O5/c1-3-4-22-11-26(34)8-9-29(22)25-15-37(30-12-23(33(35)38)7-10-31(30)40-18-25)14-24-6-5-21(24)13-32-41-19-27(20-42-32)36-16-28(17-36)39-2/h7-12,21,24-25,27-28,32H,3-6,13-20H2,1-2H3,(H2,35,38). The van der Waals surface area contributed by atoms with Gasteiger partial charge in [0.15, 0.2) is 6.29 Å². The Kier molecular flexibility index (Phi) is 9.26. The highest BCUT2D eigenvalue weighted by Gasteiger charge is 2.39. The predicted molar refractivity (Wildman–Crippen MR) is 164 cm³/mol. The van der Waals surface area contributed by atoms with E-state index in [2.05, 4.69) is 28.9 Å². The summed E-state index contributed by atoms with van der Waals surface area (Å²) >= 11 is 6.40. The number of hydrogen-bond acceptors (Lipinski definition) is 7. The molecule has 4 aliphatic rings. The molecule has 0 aromatic heterocycles. The fraction of sp³-hybridized carbons (Fsp3) is 0.606. The van der Waals surface area contributed by atoms with Gasteiger partial charge in [-0.1, -0.05) is 31.0 Å². The van der Waals surface area contributed by atoms with E-state index in [4.69, 9.17) is 36.3 Å². The van der Waals surface area contributed by atoms with Crippen LogP contribution in [0.4, 0.5) is 5.69 Å². The third kappa shape index (κ3) is 6.43. The fourth-order valence-corrected chi connectivity index (χ4v) is 7.18. The molecule has 2 saturated heterocycles. The maximum atomic E-state index is 12.1. The molecular formula is C33H44ClN3O5. The lowest BCUT2D eigenvalue weighted by Crippen LogP contribution is -2.60. The molecule has 2 aromatic carbocycles. The average Bonchev–Trinajstić information content (AvgIpc) is 3.13. The maximum Gasteiger partial charge on any atom is 0.248 e. The number of hydrogen-bond donors (Lipinski definition) is 1. The monoisotopic (exact) mass is 597 g/mol. The second-order valence-corrected chi connectivity index (χ2v) is 12.9. The number of primary amides is 1. The number of carbonyl (C=O) groups excluding carboxylic acids is 1. The molecule has 8 nitrogen and oxygen atoms in total. The van der Waals surface area contributed by atoms with Crippen LogP contribution in [0.5, 0.6) is 5.75 Å². The summed E-state index contributed by atoms with van der Waals surface area (Å²) in [6, 6.07) is 12.1. The van der Waals surface area contributed by atoms with Crippen LogP contribution < -0.4 is 15.4 Å². The Hall–Kier alpha value is -2.36. The molecule has 1 aliphatic carbocycles. The summed E-state index contributed by atoms with van der Waals surface area (Å²) in [4.78, 5) is 16.9. The Bertz CT molecular complexity index is 1250. The minimum Gasteiger partial charge on any atom is -0.491 e. The minimum absolute atomic E-state index is 0.145. The summed E-state index contributed by atoms with van der Waals surface area (Å²) in [6.45, 7) is 7.80. The van der Waals surface area contributed by atoms with Gasteiger partial charge in [0.05, 0.1) is 37.7 Å². The number of ether oxygens (including phenoxy) is 4. The molecule has 3 heterocycles. The summed E-state index contributed by atoms with van der Waals surface area (Å²) in [6.07, 6.45) is 5.48. The molecule has 42 heavy (non-hydrogen) atoms. The molecule has 3 aliphatic heterocycles. The number of nitrogens with two attached hydrogens (primary N) is 1. The van der Waals surface area contributed by atoms with Gasteiger partial charge in [-0.25, -0.2) is 0 Å². The highest BCUT2D eigenvalue weighted by molar-refractivity contribution is 6.30. The van der Waals surface area contributed by atoms with Crippen LogP contribution in [0.2, 0.25) is 5.02 Å². The molecule has 0 bridgehead atoms. The van der Waals surface area contributed by atoms with Gasteiger partial charge in [0.1, 0.15) is 5.75 Å². The van der Waals surface area contributed by atoms with Crippen molar-refractivity contribution >= 4 is 23.2 Å². The van der Waals surface area contributed by atoms with E-state index in [0.717, 1.165) is 61.9 Å². The summed E-state index contributed by atoms with van der Waals surface area (Å²) in [5.41, 5.74) is 9.71. The van der Waals surface area contributed by atoms with Crippen LogP contribution in [-0.2, 0) is 20.6 Å². The lowest BCUT2D eigenvalue weighted by molar-refractivity contribution is -0.227. The number of likely N-dealkylation sites (tertiary alicyclic amines) is 1. The molecular weight excluding hydrogens is 554 g/mol. The van der Waals surface area contributed by atoms with E-state index in [-0.39, 0.29) is 12.2 Å². The minimum atomic E-state index is -0.427. The first-order chi connectivity index (χ1) is 20.4. The Balaban J connectivity index is 1.15. The molecule has 9 heteroatoms. The van der Waals surface area contributed by atoms with E-state index in [1.165, 1.54) is 24.0 Å². The topological polar surface area (TPSA) is 86.5 Å². The zero-order valence-corrected chi connectivity index (χ0v) is 25.6. The number of rotatable bonds is 10. The third-order valence-corrected chi connectivity index (χ3v) is 9.96. The molecule has 228 valence electrons. The number of benzene rings is 2. The molecule has 0 spiro atoms. The largest absolute Gasteiger partial charge is 0.491 e. The molecule has 3 fully saturated rings. The summed E-state index contributed by atoms with van der Waals surface area (Å²) in [5.74, 6) is 1.59. The number of carbonyl (C=O) groups is 1. The highest BCUT2D eigenvalue weighted by Crippen LogP contribution is 2.43. The second kappa shape index (κ2) is 13.1. The van der Waals surface area contributed by atoms with Crippen LogP contribution >= 0.6 is 11.6 Å². The fourth-order valence-electron chi connectivity index (χ4n) is 6.98. The first kappa shape index (κ1) is 29.7. The van der Waals surface area contributed by atoms with Crippen molar-refractivity contribution in [3.05, 3.63) is 58.1 Å². The number of methoxy groups -OCH3 is 1. The smallest absolute Gasteiger partial charge is 0.248 e. The van der Waals surface area contributed by atoms with E-state index in [0.29, 0.717) is 49.4 Å². The van der Waals surface area contributed by atoms with Gasteiger partial charge < -0.3 is 29.6 Å². The van der Waals surface area contributed by atoms with Gasteiger partial charge in [-0.05, 0) is 72.6 Å². The van der Waals surface area contributed by atoms with Crippen LogP contribution in [-0.4, -0.2) is 82.4 Å². The van der Waals surface area contributed by atoms with Gasteiger partial charge in [-0.2, -0.15) is 0 Å². The van der Waals surface area contributed by atoms with Crippen LogP contribution in [0.15, 0.2) is 36.4 Å². The predicted octanol–water partition coefficient (Wildman–Crippen LogP) is 4.86. The average molecular weight is 598 g/mol. The lowest BCUT2D eigenvalue weighted by atomic mass is 9.71. The zero-order chi connectivity index (χ0) is 29.2. The lowest BCUT2D eigenvalue weighted by Gasteiger charge is -2.46. The van der Waals surface area contributed by atoms with E-state index in [1.54, 1.807) is 13.2 Å². The third-order valence-electron chi connectivity index (χ3n) is 9.73. The van der Waals surface area contributed by atoms with Crippen molar-refractivity contribution in [2.45, 2.75) is 63.4 Å². The van der Waals surface area contributed by atoms with E-state index >= 15 is 0 Å². The van der Waals surface area contributed by atoms with Crippen molar-refractivity contribution in [2.24, 2.45) is 17.6 Å². The Morgan fingerprint density at radius 3 is 2.52 bits per heavy atom. The van der Waals surface area contributed by atoms with Gasteiger partial charge in [-0.15, -0.1) is 0 Å². The van der Waals surface area contributed by atoms with Crippen molar-refractivity contribution < 1.29 is 23.7 Å². The molecule has 3 unspecified atom stereocenters. The molecule has 1 amide bonds. The number of fused-ring (bicyclic) bond motifs is 1. The van der Waals surface area contributed by atoms with Gasteiger partial charge in [0.25, 0.3) is 0 Å². The normalized spacial score (nSPS) is 28.3. The Labute approximate surface area is 254 Å². The number of halogens is 1. The van der Waals surface area contributed by atoms with E-state index in [1.807, 2.05) is 18.2 Å². The van der Waals surface area contributed by atoms with Crippen LogP contribution in [0, 0.1) is 11.8 Å². The number of nitrogens with zero attached hydrogens (tertiary/aromatic N) is 2. The summed E-state index contributed by atoms with van der Waals surface area (Å²) < 4.78 is 24.2. The summed E-state index contributed by atoms with van der Waals surface area (Å²) in [5, 5.41) is 0.766. The SMILES string of the molecule is CCCc1cc(Cl)ccc1C1COc2ccc(C(N)=O)cc2N(CC2CCC2CC2OCC(N3CC(OC)C3)CO2)C1. The Morgan fingerprint density at radius 1 is 1.05 bits per heavy atom. The van der Waals surface area contributed by atoms with Crippen LogP contribution in [0.1, 0.15) is 60.0 Å². The second-order valence-electron chi connectivity index (χ2n) is 12.4. The van der Waals surface area contributed by atoms with Gasteiger partial charge in [-0.3, -0.25) is 9.69 Å².